The van der Waals surface area contributed by atoms with E-state index in [0.717, 1.165) is 18.7 Å². The minimum atomic E-state index is 0.462. The van der Waals surface area contributed by atoms with Crippen molar-refractivity contribution < 1.29 is 4.42 Å². The van der Waals surface area contributed by atoms with Gasteiger partial charge in [0.15, 0.2) is 0 Å². The molecule has 3 nitrogen and oxygen atoms in total. The Balaban J connectivity index is 2.56. The fourth-order valence-electron chi connectivity index (χ4n) is 1.63. The summed E-state index contributed by atoms with van der Waals surface area (Å²) in [4.78, 5) is 2.28. The van der Waals surface area contributed by atoms with Crippen molar-refractivity contribution in [3.63, 3.8) is 0 Å². The molecule has 0 radical (unpaired) electrons. The van der Waals surface area contributed by atoms with Gasteiger partial charge in [0.2, 0.25) is 0 Å². The maximum Gasteiger partial charge on any atom is 0.105 e. The van der Waals surface area contributed by atoms with Crippen molar-refractivity contribution in [2.75, 3.05) is 13.6 Å². The van der Waals surface area contributed by atoms with Gasteiger partial charge in [-0.15, -0.1) is 0 Å². The first-order chi connectivity index (χ1) is 6.69. The van der Waals surface area contributed by atoms with Crippen LogP contribution >= 0.6 is 0 Å². The van der Waals surface area contributed by atoms with Crippen molar-refractivity contribution in [3.8, 4) is 0 Å². The maximum absolute atomic E-state index is 5.69. The molecule has 0 saturated carbocycles. The van der Waals surface area contributed by atoms with E-state index in [1.807, 2.05) is 13.0 Å². The molecule has 1 heterocycles. The molecule has 0 spiro atoms. The third-order valence-electron chi connectivity index (χ3n) is 2.75. The average molecular weight is 196 g/mol. The van der Waals surface area contributed by atoms with Gasteiger partial charge in [0.05, 0.1) is 6.26 Å². The highest BCUT2D eigenvalue weighted by Gasteiger charge is 2.12. The number of furan rings is 1. The second-order valence-corrected chi connectivity index (χ2v) is 3.71. The summed E-state index contributed by atoms with van der Waals surface area (Å²) >= 11 is 0. The number of nitrogens with zero attached hydrogens (tertiary/aromatic N) is 1. The van der Waals surface area contributed by atoms with Gasteiger partial charge in [-0.05, 0) is 26.5 Å². The van der Waals surface area contributed by atoms with Crippen LogP contribution in [0.1, 0.15) is 24.7 Å². The molecule has 2 N–H and O–H groups in total. The summed E-state index contributed by atoms with van der Waals surface area (Å²) in [5, 5.41) is 0. The van der Waals surface area contributed by atoms with Crippen molar-refractivity contribution in [1.82, 2.24) is 4.90 Å². The fraction of sp³-hybridized carbons (Fsp3) is 0.636. The standard InChI is InChI=1S/C11H20N2O/c1-4-11(7-12)13(3)8-10-5-6-14-9(10)2/h5-6,11H,4,7-8,12H2,1-3H3. The zero-order valence-corrected chi connectivity index (χ0v) is 9.29. The maximum atomic E-state index is 5.69. The number of hydrogen-bond acceptors (Lipinski definition) is 3. The van der Waals surface area contributed by atoms with Gasteiger partial charge >= 0.3 is 0 Å². The summed E-state index contributed by atoms with van der Waals surface area (Å²) in [7, 11) is 2.10. The van der Waals surface area contributed by atoms with Crippen LogP contribution in [-0.4, -0.2) is 24.5 Å². The summed E-state index contributed by atoms with van der Waals surface area (Å²) in [6.45, 7) is 5.78. The molecule has 0 bridgehead atoms. The van der Waals surface area contributed by atoms with Crippen LogP contribution in [0.4, 0.5) is 0 Å². The van der Waals surface area contributed by atoms with Crippen LogP contribution in [0.5, 0.6) is 0 Å². The van der Waals surface area contributed by atoms with E-state index in [0.29, 0.717) is 12.6 Å². The Morgan fingerprint density at radius 3 is 2.71 bits per heavy atom. The first-order valence-corrected chi connectivity index (χ1v) is 5.12. The van der Waals surface area contributed by atoms with Crippen molar-refractivity contribution >= 4 is 0 Å². The van der Waals surface area contributed by atoms with E-state index in [2.05, 4.69) is 18.9 Å². The normalized spacial score (nSPS) is 13.5. The number of likely N-dealkylation sites (N-methyl/N-ethyl adjacent to an activating group) is 1. The highest BCUT2D eigenvalue weighted by molar-refractivity contribution is 5.15. The van der Waals surface area contributed by atoms with Gasteiger partial charge in [-0.2, -0.15) is 0 Å². The van der Waals surface area contributed by atoms with Crippen LogP contribution < -0.4 is 5.73 Å². The summed E-state index contributed by atoms with van der Waals surface area (Å²) in [6.07, 6.45) is 2.83. The van der Waals surface area contributed by atoms with Gasteiger partial charge in [0.25, 0.3) is 0 Å². The van der Waals surface area contributed by atoms with Crippen molar-refractivity contribution in [1.29, 1.82) is 0 Å². The predicted octanol–water partition coefficient (Wildman–Crippen LogP) is 1.76. The van der Waals surface area contributed by atoms with Crippen LogP contribution in [0.25, 0.3) is 0 Å². The molecule has 0 aromatic carbocycles. The third kappa shape index (κ3) is 2.59. The average Bonchev–Trinajstić information content (AvgIpc) is 2.54. The van der Waals surface area contributed by atoms with Crippen LogP contribution in [0.2, 0.25) is 0 Å². The lowest BCUT2D eigenvalue weighted by molar-refractivity contribution is 0.231. The van der Waals surface area contributed by atoms with E-state index in [4.69, 9.17) is 10.2 Å². The Morgan fingerprint density at radius 1 is 1.57 bits per heavy atom. The van der Waals surface area contributed by atoms with Gasteiger partial charge in [0.1, 0.15) is 5.76 Å². The monoisotopic (exact) mass is 196 g/mol. The lowest BCUT2D eigenvalue weighted by atomic mass is 10.1. The number of aryl methyl sites for hydroxylation is 1. The molecule has 1 atom stereocenters. The Bertz CT molecular complexity index is 266. The van der Waals surface area contributed by atoms with Gasteiger partial charge < -0.3 is 10.2 Å². The molecular formula is C11H20N2O. The van der Waals surface area contributed by atoms with Crippen molar-refractivity contribution in [2.45, 2.75) is 32.9 Å². The lowest BCUT2D eigenvalue weighted by Crippen LogP contribution is -2.36. The summed E-state index contributed by atoms with van der Waals surface area (Å²) in [5.74, 6) is 1.00. The summed E-state index contributed by atoms with van der Waals surface area (Å²) < 4.78 is 5.25. The molecule has 0 amide bonds. The minimum Gasteiger partial charge on any atom is -0.469 e. The predicted molar refractivity (Wildman–Crippen MR) is 58.0 cm³/mol. The van der Waals surface area contributed by atoms with Gasteiger partial charge in [-0.1, -0.05) is 6.92 Å². The molecular weight excluding hydrogens is 176 g/mol. The van der Waals surface area contributed by atoms with Gasteiger partial charge in [-0.3, -0.25) is 4.90 Å². The highest BCUT2D eigenvalue weighted by Crippen LogP contribution is 2.13. The van der Waals surface area contributed by atoms with Crippen LogP contribution in [-0.2, 0) is 6.54 Å². The van der Waals surface area contributed by atoms with Crippen LogP contribution in [0, 0.1) is 6.92 Å². The number of hydrogen-bond donors (Lipinski definition) is 1. The molecule has 14 heavy (non-hydrogen) atoms. The van der Waals surface area contributed by atoms with Crippen molar-refractivity contribution in [2.24, 2.45) is 5.73 Å². The Morgan fingerprint density at radius 2 is 2.29 bits per heavy atom. The van der Waals surface area contributed by atoms with Crippen LogP contribution in [0.3, 0.4) is 0 Å². The minimum absolute atomic E-state index is 0.462. The van der Waals surface area contributed by atoms with Crippen molar-refractivity contribution in [3.05, 3.63) is 23.7 Å². The van der Waals surface area contributed by atoms with E-state index in [-0.39, 0.29) is 0 Å². The quantitative estimate of drug-likeness (QED) is 0.780. The molecule has 1 aromatic heterocycles. The second-order valence-electron chi connectivity index (χ2n) is 3.71. The summed E-state index contributed by atoms with van der Waals surface area (Å²) in [5.41, 5.74) is 6.94. The van der Waals surface area contributed by atoms with E-state index in [1.165, 1.54) is 5.56 Å². The van der Waals surface area contributed by atoms with Crippen LogP contribution in [0.15, 0.2) is 16.7 Å². The fourth-order valence-corrected chi connectivity index (χ4v) is 1.63. The SMILES string of the molecule is CCC(CN)N(C)Cc1ccoc1C. The largest absolute Gasteiger partial charge is 0.469 e. The Kier molecular flexibility index (Phi) is 4.17. The number of rotatable bonds is 5. The summed E-state index contributed by atoms with van der Waals surface area (Å²) in [6, 6.07) is 2.49. The molecule has 3 heteroatoms. The first kappa shape index (κ1) is 11.3. The molecule has 0 aliphatic carbocycles. The molecule has 0 aliphatic heterocycles. The first-order valence-electron chi connectivity index (χ1n) is 5.12. The molecule has 0 saturated heterocycles. The van der Waals surface area contributed by atoms with Gasteiger partial charge in [0, 0.05) is 24.7 Å². The van der Waals surface area contributed by atoms with E-state index in [1.54, 1.807) is 6.26 Å². The molecule has 80 valence electrons. The smallest absolute Gasteiger partial charge is 0.105 e. The lowest BCUT2D eigenvalue weighted by Gasteiger charge is -2.25. The second kappa shape index (κ2) is 5.17. The van der Waals surface area contributed by atoms with E-state index < -0.39 is 0 Å². The van der Waals surface area contributed by atoms with E-state index >= 15 is 0 Å². The zero-order valence-electron chi connectivity index (χ0n) is 9.29. The molecule has 1 unspecified atom stereocenters. The third-order valence-corrected chi connectivity index (χ3v) is 2.75. The highest BCUT2D eigenvalue weighted by atomic mass is 16.3. The van der Waals surface area contributed by atoms with E-state index in [9.17, 15) is 0 Å². The Labute approximate surface area is 85.9 Å². The molecule has 1 rings (SSSR count). The molecule has 1 aromatic rings. The zero-order chi connectivity index (χ0) is 10.6. The topological polar surface area (TPSA) is 42.4 Å². The Hall–Kier alpha value is -0.800. The molecule has 0 aliphatic rings. The van der Waals surface area contributed by atoms with Gasteiger partial charge in [-0.25, -0.2) is 0 Å². The molecule has 0 fully saturated rings. The number of nitrogens with two attached hydrogens (primary N) is 1.